The average Bonchev–Trinajstić information content (AvgIpc) is 2.67. The van der Waals surface area contributed by atoms with Gasteiger partial charge in [-0.25, -0.2) is 9.82 Å². The van der Waals surface area contributed by atoms with Crippen LogP contribution >= 0.6 is 11.6 Å². The lowest BCUT2D eigenvalue weighted by Crippen LogP contribution is -2.51. The number of aliphatic hydroxyl groups excluding tert-OH is 2. The molecule has 0 radical (unpaired) electrons. The first-order chi connectivity index (χ1) is 10.0. The van der Waals surface area contributed by atoms with Crippen LogP contribution in [-0.4, -0.2) is 44.5 Å². The second-order valence-corrected chi connectivity index (χ2v) is 5.21. The van der Waals surface area contributed by atoms with Crippen molar-refractivity contribution < 1.29 is 33.3 Å². The molecule has 0 saturated carbocycles. The summed E-state index contributed by atoms with van der Waals surface area (Å²) in [5, 5.41) is 31.2. The van der Waals surface area contributed by atoms with E-state index in [1.807, 2.05) is 0 Å². The van der Waals surface area contributed by atoms with Crippen molar-refractivity contribution in [3.63, 3.8) is 0 Å². The molecule has 5 N–H and O–H groups in total. The van der Waals surface area contributed by atoms with Gasteiger partial charge in [0.25, 0.3) is 5.91 Å². The third-order valence-electron chi connectivity index (χ3n) is 3.08. The van der Waals surface area contributed by atoms with E-state index in [1.165, 1.54) is 6.92 Å². The van der Waals surface area contributed by atoms with E-state index in [0.29, 0.717) is 12.3 Å². The highest BCUT2D eigenvalue weighted by Gasteiger charge is 2.51. The molecule has 1 aromatic heterocycles. The summed E-state index contributed by atoms with van der Waals surface area (Å²) >= 11 is 5.68. The third-order valence-corrected chi connectivity index (χ3v) is 3.37. The van der Waals surface area contributed by atoms with E-state index in [0.717, 1.165) is 0 Å². The summed E-state index contributed by atoms with van der Waals surface area (Å²) < 4.78 is 37.5. The van der Waals surface area contributed by atoms with E-state index >= 15 is 0 Å². The Kier molecular flexibility index (Phi) is 4.53. The highest BCUT2D eigenvalue weighted by Crippen LogP contribution is 2.34. The van der Waals surface area contributed by atoms with Gasteiger partial charge in [0, 0.05) is 6.20 Å². The molecule has 0 aliphatic carbocycles. The molecule has 1 aliphatic heterocycles. The number of anilines is 1. The Labute approximate surface area is 127 Å². The lowest BCUT2D eigenvalue weighted by Gasteiger charge is -2.27. The van der Waals surface area contributed by atoms with Crippen LogP contribution in [0.2, 0.25) is 5.02 Å². The van der Waals surface area contributed by atoms with Crippen molar-refractivity contribution >= 4 is 17.4 Å². The second-order valence-electron chi connectivity index (χ2n) is 4.80. The van der Waals surface area contributed by atoms with Crippen LogP contribution < -0.4 is 10.8 Å². The number of hydroxylamine groups is 1. The zero-order valence-corrected chi connectivity index (χ0v) is 11.9. The predicted molar refractivity (Wildman–Crippen MR) is 68.5 cm³/mol. The van der Waals surface area contributed by atoms with Crippen LogP contribution in [0.1, 0.15) is 12.5 Å². The molecule has 11 heteroatoms. The fourth-order valence-corrected chi connectivity index (χ4v) is 2.06. The van der Waals surface area contributed by atoms with Crippen molar-refractivity contribution in [1.82, 2.24) is 10.5 Å². The van der Waals surface area contributed by atoms with E-state index < -0.39 is 40.9 Å². The number of nitrogens with zero attached hydrogens (tertiary/aromatic N) is 1. The fourth-order valence-electron chi connectivity index (χ4n) is 1.84. The number of hydrogen-bond donors (Lipinski definition) is 5. The number of aromatic nitrogens is 1. The molecular weight excluding hydrogens is 331 g/mol. The van der Waals surface area contributed by atoms with Crippen LogP contribution in [0.25, 0.3) is 0 Å². The number of aliphatic hydroxyl groups is 3. The number of halogens is 4. The standard InChI is InChI=1S/C11H13ClF3N3O4/c1-4(19)7-8(20)11(21,22-18-7)17-9-6(12)2-5(3-16-9)10(13,14)15/h2-4,7-8,18-21H,1H3,(H,16,17)/t4-,7-,8+,11+/m0/s1. The van der Waals surface area contributed by atoms with Crippen molar-refractivity contribution in [2.24, 2.45) is 0 Å². The predicted octanol–water partition coefficient (Wildman–Crippen LogP) is 0.457. The van der Waals surface area contributed by atoms with Gasteiger partial charge in [-0.1, -0.05) is 11.6 Å². The maximum Gasteiger partial charge on any atom is 0.417 e. The second kappa shape index (κ2) is 5.80. The first kappa shape index (κ1) is 17.2. The molecule has 2 heterocycles. The van der Waals surface area contributed by atoms with E-state index in [1.54, 1.807) is 0 Å². The molecule has 2 rings (SSSR count). The first-order valence-electron chi connectivity index (χ1n) is 6.07. The molecule has 0 bridgehead atoms. The smallest absolute Gasteiger partial charge is 0.392 e. The van der Waals surface area contributed by atoms with Gasteiger partial charge in [0.1, 0.15) is 11.9 Å². The van der Waals surface area contributed by atoms with Gasteiger partial charge >= 0.3 is 6.18 Å². The SMILES string of the molecule is C[C@H](O)[C@@H]1NO[C@@](O)(Nc2ncc(C(F)(F)F)cc2Cl)[C@@H]1O. The largest absolute Gasteiger partial charge is 0.417 e. The van der Waals surface area contributed by atoms with Gasteiger partial charge in [-0.05, 0) is 13.0 Å². The number of hydrogen-bond acceptors (Lipinski definition) is 7. The molecule has 0 aromatic carbocycles. The van der Waals surface area contributed by atoms with E-state index in [4.69, 9.17) is 16.4 Å². The van der Waals surface area contributed by atoms with E-state index in [-0.39, 0.29) is 5.82 Å². The van der Waals surface area contributed by atoms with Gasteiger partial charge < -0.3 is 20.6 Å². The molecule has 0 unspecified atom stereocenters. The zero-order chi connectivity index (χ0) is 16.7. The van der Waals surface area contributed by atoms with Crippen molar-refractivity contribution in [2.45, 2.75) is 37.3 Å². The van der Waals surface area contributed by atoms with Crippen molar-refractivity contribution in [1.29, 1.82) is 0 Å². The summed E-state index contributed by atoms with van der Waals surface area (Å²) in [5.74, 6) is -2.75. The minimum absolute atomic E-state index is 0.329. The summed E-state index contributed by atoms with van der Waals surface area (Å²) in [4.78, 5) is 8.20. The molecule has 0 amide bonds. The van der Waals surface area contributed by atoms with Crippen LogP contribution in [0.4, 0.5) is 19.0 Å². The summed E-state index contributed by atoms with van der Waals surface area (Å²) in [6.07, 6.45) is -6.80. The van der Waals surface area contributed by atoms with E-state index in [2.05, 4.69) is 15.8 Å². The Morgan fingerprint density at radius 3 is 2.64 bits per heavy atom. The lowest BCUT2D eigenvalue weighted by atomic mass is 10.1. The topological polar surface area (TPSA) is 107 Å². The number of rotatable bonds is 3. The molecule has 0 spiro atoms. The minimum Gasteiger partial charge on any atom is -0.392 e. The normalized spacial score (nSPS) is 30.4. The highest BCUT2D eigenvalue weighted by molar-refractivity contribution is 6.33. The van der Waals surface area contributed by atoms with Crippen LogP contribution in [-0.2, 0) is 11.0 Å². The molecule has 1 fully saturated rings. The lowest BCUT2D eigenvalue weighted by molar-refractivity contribution is -0.213. The van der Waals surface area contributed by atoms with Crippen LogP contribution in [0.5, 0.6) is 0 Å². The number of alkyl halides is 3. The summed E-state index contributed by atoms with van der Waals surface area (Å²) in [5.41, 5.74) is 1.14. The Bertz CT molecular complexity index is 560. The first-order valence-corrected chi connectivity index (χ1v) is 6.45. The number of pyridine rings is 1. The molecule has 1 saturated heterocycles. The summed E-state index contributed by atoms with van der Waals surface area (Å²) in [6, 6.07) is -0.410. The third kappa shape index (κ3) is 3.26. The maximum atomic E-state index is 12.5. The Morgan fingerprint density at radius 1 is 1.55 bits per heavy atom. The molecule has 1 aliphatic rings. The van der Waals surface area contributed by atoms with Crippen LogP contribution in [0, 0.1) is 0 Å². The van der Waals surface area contributed by atoms with Crippen molar-refractivity contribution in [3.8, 4) is 0 Å². The monoisotopic (exact) mass is 343 g/mol. The van der Waals surface area contributed by atoms with Crippen LogP contribution in [0.3, 0.4) is 0 Å². The van der Waals surface area contributed by atoms with Gasteiger partial charge in [0.15, 0.2) is 0 Å². The number of nitrogens with one attached hydrogen (secondary N) is 2. The molecule has 1 aromatic rings. The van der Waals surface area contributed by atoms with Crippen molar-refractivity contribution in [2.75, 3.05) is 5.32 Å². The highest BCUT2D eigenvalue weighted by atomic mass is 35.5. The molecule has 4 atom stereocenters. The van der Waals surface area contributed by atoms with Gasteiger partial charge in [-0.3, -0.25) is 0 Å². The Hall–Kier alpha value is -1.17. The summed E-state index contributed by atoms with van der Waals surface area (Å²) in [6.45, 7) is 1.35. The van der Waals surface area contributed by atoms with Gasteiger partial charge in [0.2, 0.25) is 0 Å². The molecular formula is C11H13ClF3N3O4. The average molecular weight is 344 g/mol. The fraction of sp³-hybridized carbons (Fsp3) is 0.545. The Morgan fingerprint density at radius 2 is 2.18 bits per heavy atom. The van der Waals surface area contributed by atoms with E-state index in [9.17, 15) is 28.5 Å². The summed E-state index contributed by atoms with van der Waals surface area (Å²) in [7, 11) is 0. The molecule has 7 nitrogen and oxygen atoms in total. The van der Waals surface area contributed by atoms with Gasteiger partial charge in [-0.15, -0.1) is 0 Å². The molecule has 124 valence electrons. The minimum atomic E-state index is -4.62. The van der Waals surface area contributed by atoms with Gasteiger partial charge in [0.05, 0.1) is 22.7 Å². The quantitative estimate of drug-likeness (QED) is 0.507. The van der Waals surface area contributed by atoms with Crippen LogP contribution in [0.15, 0.2) is 12.3 Å². The Balaban J connectivity index is 2.21. The van der Waals surface area contributed by atoms with Crippen molar-refractivity contribution in [3.05, 3.63) is 22.8 Å². The zero-order valence-electron chi connectivity index (χ0n) is 11.1. The van der Waals surface area contributed by atoms with Gasteiger partial charge in [-0.2, -0.15) is 18.7 Å². The molecule has 22 heavy (non-hydrogen) atoms. The maximum absolute atomic E-state index is 12.5.